The van der Waals surface area contributed by atoms with Gasteiger partial charge in [0.05, 0.1) is 0 Å². The van der Waals surface area contributed by atoms with Gasteiger partial charge in [-0.25, -0.2) is 4.79 Å². The highest BCUT2D eigenvalue weighted by Gasteiger charge is 2.43. The fraction of sp³-hybridized carbons (Fsp3) is 0.889. The summed E-state index contributed by atoms with van der Waals surface area (Å²) in [6.07, 6.45) is 3.90. The normalized spacial score (nSPS) is 28.2. The zero-order valence-corrected chi connectivity index (χ0v) is 7.79. The van der Waals surface area contributed by atoms with Crippen LogP contribution in [0.25, 0.3) is 0 Å². The smallest absolute Gasteiger partial charge is 0.319 e. The van der Waals surface area contributed by atoms with Crippen LogP contribution in [0.15, 0.2) is 0 Å². The zero-order chi connectivity index (χ0) is 8.72. The van der Waals surface area contributed by atoms with E-state index >= 15 is 0 Å². The van der Waals surface area contributed by atoms with Crippen LogP contribution in [-0.2, 0) is 0 Å². The van der Waals surface area contributed by atoms with E-state index in [2.05, 4.69) is 0 Å². The quantitative estimate of drug-likeness (QED) is 0.576. The van der Waals surface area contributed by atoms with Crippen molar-refractivity contribution in [3.05, 3.63) is 0 Å². The first kappa shape index (κ1) is 7.90. The summed E-state index contributed by atoms with van der Waals surface area (Å²) >= 11 is 0. The van der Waals surface area contributed by atoms with Crippen LogP contribution < -0.4 is 0 Å². The van der Waals surface area contributed by atoms with Gasteiger partial charge in [0.25, 0.3) is 0 Å². The molecule has 2 amide bonds. The highest BCUT2D eigenvalue weighted by Crippen LogP contribution is 2.41. The van der Waals surface area contributed by atoms with E-state index in [0.717, 1.165) is 12.5 Å². The Morgan fingerprint density at radius 2 is 2.00 bits per heavy atom. The van der Waals surface area contributed by atoms with Crippen LogP contribution >= 0.6 is 0 Å². The molecule has 12 heavy (non-hydrogen) atoms. The molecule has 1 aliphatic heterocycles. The van der Waals surface area contributed by atoms with Gasteiger partial charge < -0.3 is 9.80 Å². The maximum Gasteiger partial charge on any atom is 0.319 e. The molecule has 68 valence electrons. The van der Waals surface area contributed by atoms with E-state index in [0.29, 0.717) is 6.04 Å². The molecule has 0 aromatic carbocycles. The molecule has 2 fully saturated rings. The summed E-state index contributed by atoms with van der Waals surface area (Å²) in [5.41, 5.74) is 0. The summed E-state index contributed by atoms with van der Waals surface area (Å²) in [7, 11) is 3.65. The van der Waals surface area contributed by atoms with Gasteiger partial charge in [-0.2, -0.15) is 0 Å². The van der Waals surface area contributed by atoms with Gasteiger partial charge in [-0.1, -0.05) is 0 Å². The van der Waals surface area contributed by atoms with Crippen molar-refractivity contribution in [3.8, 4) is 0 Å². The molecule has 0 aromatic heterocycles. The molecule has 0 radical (unpaired) electrons. The molecule has 0 bridgehead atoms. The molecule has 1 atom stereocenters. The third kappa shape index (κ3) is 1.17. The number of likely N-dealkylation sites (tertiary alicyclic amines) is 1. The topological polar surface area (TPSA) is 23.6 Å². The summed E-state index contributed by atoms with van der Waals surface area (Å²) in [6.45, 7) is 0.970. The lowest BCUT2D eigenvalue weighted by molar-refractivity contribution is 0.0838. The standard InChI is InChI=1S/C9H16N2O/c1-10(2)9(12)11-6-5-8(11)7-3-4-7/h7-8H,3-6H2,1-2H3. The Bertz CT molecular complexity index is 199. The van der Waals surface area contributed by atoms with Crippen LogP contribution in [0.4, 0.5) is 4.79 Å². The van der Waals surface area contributed by atoms with Gasteiger partial charge in [-0.05, 0) is 25.2 Å². The molecule has 1 saturated heterocycles. The average Bonchev–Trinajstić information content (AvgIpc) is 2.69. The van der Waals surface area contributed by atoms with Crippen LogP contribution in [0.5, 0.6) is 0 Å². The monoisotopic (exact) mass is 168 g/mol. The van der Waals surface area contributed by atoms with Gasteiger partial charge in [-0.3, -0.25) is 0 Å². The molecule has 0 N–H and O–H groups in total. The van der Waals surface area contributed by atoms with Crippen LogP contribution in [-0.4, -0.2) is 42.5 Å². The van der Waals surface area contributed by atoms with Crippen molar-refractivity contribution < 1.29 is 4.79 Å². The van der Waals surface area contributed by atoms with Crippen molar-refractivity contribution in [2.45, 2.75) is 25.3 Å². The summed E-state index contributed by atoms with van der Waals surface area (Å²) in [4.78, 5) is 15.2. The maximum atomic E-state index is 11.5. The molecule has 1 unspecified atom stereocenters. The second-order valence-corrected chi connectivity index (χ2v) is 4.06. The largest absolute Gasteiger partial charge is 0.331 e. The second kappa shape index (κ2) is 2.64. The summed E-state index contributed by atoms with van der Waals surface area (Å²) in [5.74, 6) is 0.836. The van der Waals surface area contributed by atoms with E-state index in [-0.39, 0.29) is 6.03 Å². The average molecular weight is 168 g/mol. The van der Waals surface area contributed by atoms with Crippen molar-refractivity contribution in [2.24, 2.45) is 5.92 Å². The third-order valence-electron chi connectivity index (χ3n) is 2.86. The highest BCUT2D eigenvalue weighted by atomic mass is 16.2. The Morgan fingerprint density at radius 1 is 1.33 bits per heavy atom. The van der Waals surface area contributed by atoms with Crippen LogP contribution in [0.3, 0.4) is 0 Å². The van der Waals surface area contributed by atoms with Crippen molar-refractivity contribution in [1.29, 1.82) is 0 Å². The molecule has 1 heterocycles. The van der Waals surface area contributed by atoms with E-state index in [9.17, 15) is 4.79 Å². The number of rotatable bonds is 1. The predicted octanol–water partition coefficient (Wildman–Crippen LogP) is 1.15. The van der Waals surface area contributed by atoms with Crippen molar-refractivity contribution in [3.63, 3.8) is 0 Å². The number of amides is 2. The Labute approximate surface area is 73.3 Å². The van der Waals surface area contributed by atoms with Gasteiger partial charge in [0.15, 0.2) is 0 Å². The minimum Gasteiger partial charge on any atom is -0.331 e. The Hall–Kier alpha value is -0.730. The Kier molecular flexibility index (Phi) is 1.74. The summed E-state index contributed by atoms with van der Waals surface area (Å²) in [6, 6.07) is 0.776. The fourth-order valence-electron chi connectivity index (χ4n) is 1.87. The summed E-state index contributed by atoms with van der Waals surface area (Å²) in [5, 5.41) is 0. The molecular formula is C9H16N2O. The van der Waals surface area contributed by atoms with Crippen LogP contribution in [0.1, 0.15) is 19.3 Å². The lowest BCUT2D eigenvalue weighted by atomic mass is 9.99. The van der Waals surface area contributed by atoms with Crippen molar-refractivity contribution >= 4 is 6.03 Å². The predicted molar refractivity (Wildman–Crippen MR) is 46.9 cm³/mol. The molecule has 1 aliphatic carbocycles. The molecular weight excluding hydrogens is 152 g/mol. The number of urea groups is 1. The van der Waals surface area contributed by atoms with Gasteiger partial charge in [0.1, 0.15) is 0 Å². The van der Waals surface area contributed by atoms with Gasteiger partial charge in [0.2, 0.25) is 0 Å². The molecule has 3 heteroatoms. The highest BCUT2D eigenvalue weighted by molar-refractivity contribution is 5.75. The zero-order valence-electron chi connectivity index (χ0n) is 7.79. The molecule has 0 spiro atoms. The lowest BCUT2D eigenvalue weighted by Crippen LogP contribution is -2.55. The number of hydrogen-bond acceptors (Lipinski definition) is 1. The molecule has 1 saturated carbocycles. The minimum atomic E-state index is 0.193. The van der Waals surface area contributed by atoms with E-state index in [1.807, 2.05) is 19.0 Å². The maximum absolute atomic E-state index is 11.5. The number of carbonyl (C=O) groups is 1. The molecule has 0 aromatic rings. The minimum absolute atomic E-state index is 0.193. The number of carbonyl (C=O) groups excluding carboxylic acids is 1. The van der Waals surface area contributed by atoms with Crippen LogP contribution in [0, 0.1) is 5.92 Å². The van der Waals surface area contributed by atoms with E-state index < -0.39 is 0 Å². The number of hydrogen-bond donors (Lipinski definition) is 0. The van der Waals surface area contributed by atoms with E-state index in [1.165, 1.54) is 19.3 Å². The fourth-order valence-corrected chi connectivity index (χ4v) is 1.87. The Morgan fingerprint density at radius 3 is 2.33 bits per heavy atom. The van der Waals surface area contributed by atoms with Gasteiger partial charge in [-0.15, -0.1) is 0 Å². The molecule has 2 rings (SSSR count). The lowest BCUT2D eigenvalue weighted by Gasteiger charge is -2.42. The number of nitrogens with zero attached hydrogens (tertiary/aromatic N) is 2. The first-order chi connectivity index (χ1) is 5.70. The van der Waals surface area contributed by atoms with E-state index in [1.54, 1.807) is 4.90 Å². The van der Waals surface area contributed by atoms with Crippen molar-refractivity contribution in [2.75, 3.05) is 20.6 Å². The van der Waals surface area contributed by atoms with Crippen LogP contribution in [0.2, 0.25) is 0 Å². The third-order valence-corrected chi connectivity index (χ3v) is 2.86. The van der Waals surface area contributed by atoms with Gasteiger partial charge >= 0.3 is 6.03 Å². The van der Waals surface area contributed by atoms with Gasteiger partial charge in [0, 0.05) is 26.7 Å². The summed E-state index contributed by atoms with van der Waals surface area (Å²) < 4.78 is 0. The molecule has 2 aliphatic rings. The molecule has 3 nitrogen and oxygen atoms in total. The SMILES string of the molecule is CN(C)C(=O)N1CCC1C1CC1. The first-order valence-electron chi connectivity index (χ1n) is 4.68. The Balaban J connectivity index is 1.91. The first-order valence-corrected chi connectivity index (χ1v) is 4.68. The second-order valence-electron chi connectivity index (χ2n) is 4.06. The van der Waals surface area contributed by atoms with Crippen molar-refractivity contribution in [1.82, 2.24) is 9.80 Å². The van der Waals surface area contributed by atoms with E-state index in [4.69, 9.17) is 0 Å².